The summed E-state index contributed by atoms with van der Waals surface area (Å²) in [6, 6.07) is 9.85. The fourth-order valence-electron chi connectivity index (χ4n) is 4.26. The van der Waals surface area contributed by atoms with Gasteiger partial charge in [-0.25, -0.2) is 9.18 Å². The van der Waals surface area contributed by atoms with E-state index in [0.717, 1.165) is 0 Å². The predicted molar refractivity (Wildman–Crippen MR) is 149 cm³/mol. The van der Waals surface area contributed by atoms with Crippen molar-refractivity contribution in [2.75, 3.05) is 31.5 Å². The number of primary amides is 1. The van der Waals surface area contributed by atoms with Gasteiger partial charge in [-0.15, -0.1) is 0 Å². The number of nitrogens with zero attached hydrogens (tertiary/aromatic N) is 3. The van der Waals surface area contributed by atoms with Gasteiger partial charge in [0.25, 0.3) is 5.91 Å². The number of amides is 5. The van der Waals surface area contributed by atoms with Crippen LogP contribution in [0.1, 0.15) is 23.7 Å². The van der Waals surface area contributed by atoms with Gasteiger partial charge in [-0.3, -0.25) is 24.3 Å². The summed E-state index contributed by atoms with van der Waals surface area (Å²) in [6.07, 6.45) is -1.41. The van der Waals surface area contributed by atoms with Gasteiger partial charge in [0.05, 0.1) is 17.1 Å². The standard InChI is InChI=1S/C27H27ClFN7O6/c1-15(37)35-9-11-36(12-10-35)23(38)14-21(31-25(39)16-5-7-17(8-6-16)42-27(30)41)26(40)32-22-13-20(33-34-22)18-3-2-4-19(28)24(18)29/h2-8,13,21H,9-12,14H2,1H3,(H2,30,41)(H,31,39)(H2,32,33,34,40)/t21-/m0/s1. The normalized spacial score (nSPS) is 13.7. The summed E-state index contributed by atoms with van der Waals surface area (Å²) >= 11 is 5.86. The third kappa shape index (κ3) is 7.40. The van der Waals surface area contributed by atoms with Crippen molar-refractivity contribution in [3.8, 4) is 17.0 Å². The van der Waals surface area contributed by atoms with E-state index in [1.807, 2.05) is 0 Å². The van der Waals surface area contributed by atoms with Crippen LogP contribution >= 0.6 is 11.6 Å². The number of halogens is 2. The minimum absolute atomic E-state index is 0.0871. The minimum atomic E-state index is -1.33. The molecule has 4 rings (SSSR count). The first kappa shape index (κ1) is 30.0. The van der Waals surface area contributed by atoms with E-state index in [1.165, 1.54) is 54.3 Å². The van der Waals surface area contributed by atoms with Crippen molar-refractivity contribution in [3.63, 3.8) is 0 Å². The maximum absolute atomic E-state index is 14.5. The molecule has 2 heterocycles. The number of hydrogen-bond acceptors (Lipinski definition) is 7. The molecule has 0 spiro atoms. The number of piperazine rings is 1. The van der Waals surface area contributed by atoms with Crippen LogP contribution in [-0.2, 0) is 14.4 Å². The van der Waals surface area contributed by atoms with Crippen LogP contribution in [0.4, 0.5) is 15.0 Å². The molecule has 3 aromatic rings. The van der Waals surface area contributed by atoms with E-state index in [9.17, 15) is 28.4 Å². The third-order valence-electron chi connectivity index (χ3n) is 6.48. The van der Waals surface area contributed by atoms with Crippen molar-refractivity contribution in [3.05, 3.63) is 64.9 Å². The molecule has 0 aliphatic carbocycles. The summed E-state index contributed by atoms with van der Waals surface area (Å²) in [5, 5.41) is 11.6. The van der Waals surface area contributed by atoms with Crippen molar-refractivity contribution in [2.24, 2.45) is 5.73 Å². The van der Waals surface area contributed by atoms with Crippen molar-refractivity contribution in [1.29, 1.82) is 0 Å². The number of hydrogen-bond donors (Lipinski definition) is 4. The van der Waals surface area contributed by atoms with E-state index in [-0.39, 0.29) is 58.8 Å². The van der Waals surface area contributed by atoms with Crippen LogP contribution in [0, 0.1) is 5.82 Å². The van der Waals surface area contributed by atoms with Crippen LogP contribution in [0.15, 0.2) is 48.5 Å². The van der Waals surface area contributed by atoms with E-state index in [4.69, 9.17) is 22.1 Å². The first-order valence-corrected chi connectivity index (χ1v) is 13.1. The van der Waals surface area contributed by atoms with Gasteiger partial charge in [-0.05, 0) is 36.4 Å². The fraction of sp³-hybridized carbons (Fsp3) is 0.259. The second-order valence-corrected chi connectivity index (χ2v) is 9.73. The molecule has 0 radical (unpaired) electrons. The van der Waals surface area contributed by atoms with Crippen molar-refractivity contribution >= 4 is 47.1 Å². The second kappa shape index (κ2) is 13.1. The van der Waals surface area contributed by atoms with Crippen LogP contribution in [0.5, 0.6) is 5.75 Å². The Hall–Kier alpha value is -4.98. The fourth-order valence-corrected chi connectivity index (χ4v) is 4.44. The lowest BCUT2D eigenvalue weighted by molar-refractivity contribution is -0.139. The number of ether oxygens (including phenoxy) is 1. The molecule has 220 valence electrons. The van der Waals surface area contributed by atoms with E-state index in [2.05, 4.69) is 20.8 Å². The smallest absolute Gasteiger partial charge is 0.409 e. The Balaban J connectivity index is 1.49. The van der Waals surface area contributed by atoms with Gasteiger partial charge in [-0.1, -0.05) is 17.7 Å². The van der Waals surface area contributed by atoms with Crippen LogP contribution in [-0.4, -0.2) is 81.9 Å². The first-order valence-electron chi connectivity index (χ1n) is 12.7. The topological polar surface area (TPSA) is 180 Å². The third-order valence-corrected chi connectivity index (χ3v) is 6.77. The number of carbonyl (C=O) groups is 5. The van der Waals surface area contributed by atoms with Gasteiger partial charge in [0, 0.05) is 50.3 Å². The number of carbonyl (C=O) groups excluding carboxylic acids is 5. The number of benzene rings is 2. The highest BCUT2D eigenvalue weighted by Crippen LogP contribution is 2.27. The maximum Gasteiger partial charge on any atom is 0.409 e. The van der Waals surface area contributed by atoms with Crippen LogP contribution < -0.4 is 21.1 Å². The van der Waals surface area contributed by atoms with Gasteiger partial charge in [0.15, 0.2) is 5.82 Å². The lowest BCUT2D eigenvalue weighted by Crippen LogP contribution is -2.52. The molecule has 0 unspecified atom stereocenters. The highest BCUT2D eigenvalue weighted by Gasteiger charge is 2.29. The molecule has 42 heavy (non-hydrogen) atoms. The highest BCUT2D eigenvalue weighted by atomic mass is 35.5. The summed E-state index contributed by atoms with van der Waals surface area (Å²) in [4.78, 5) is 65.2. The van der Waals surface area contributed by atoms with Crippen LogP contribution in [0.25, 0.3) is 11.3 Å². The number of nitrogens with two attached hydrogens (primary N) is 1. The molecule has 1 aliphatic heterocycles. The number of nitrogens with one attached hydrogen (secondary N) is 3. The molecule has 1 aromatic heterocycles. The Bertz CT molecular complexity index is 1500. The van der Waals surface area contributed by atoms with Crippen molar-refractivity contribution < 1.29 is 33.1 Å². The Morgan fingerprint density at radius 2 is 1.74 bits per heavy atom. The predicted octanol–water partition coefficient (Wildman–Crippen LogP) is 2.14. The van der Waals surface area contributed by atoms with Crippen molar-refractivity contribution in [1.82, 2.24) is 25.3 Å². The zero-order valence-corrected chi connectivity index (χ0v) is 23.1. The molecule has 1 fully saturated rings. The average molecular weight is 600 g/mol. The molecule has 1 atom stereocenters. The average Bonchev–Trinajstić information content (AvgIpc) is 3.42. The quantitative estimate of drug-likeness (QED) is 0.306. The maximum atomic E-state index is 14.5. The van der Waals surface area contributed by atoms with Crippen LogP contribution in [0.3, 0.4) is 0 Å². The van der Waals surface area contributed by atoms with E-state index >= 15 is 0 Å². The lowest BCUT2D eigenvalue weighted by atomic mass is 10.1. The van der Waals surface area contributed by atoms with Gasteiger partial charge in [-0.2, -0.15) is 5.10 Å². The SMILES string of the molecule is CC(=O)N1CCN(C(=O)C[C@H](NC(=O)c2ccc(OC(N)=O)cc2)C(=O)Nc2cc(-c3cccc(Cl)c3F)n[nH]2)CC1. The Kier molecular flexibility index (Phi) is 9.37. The molecule has 5 amide bonds. The van der Waals surface area contributed by atoms with E-state index < -0.39 is 35.7 Å². The molecule has 15 heteroatoms. The van der Waals surface area contributed by atoms with Gasteiger partial charge in [0.2, 0.25) is 17.7 Å². The summed E-state index contributed by atoms with van der Waals surface area (Å²) in [7, 11) is 0. The molecular formula is C27H27ClFN7O6. The largest absolute Gasteiger partial charge is 0.411 e. The minimum Gasteiger partial charge on any atom is -0.411 e. The molecule has 1 saturated heterocycles. The Morgan fingerprint density at radius 3 is 2.38 bits per heavy atom. The van der Waals surface area contributed by atoms with Gasteiger partial charge in [0.1, 0.15) is 17.6 Å². The molecule has 0 bridgehead atoms. The zero-order chi connectivity index (χ0) is 30.4. The zero-order valence-electron chi connectivity index (χ0n) is 22.4. The summed E-state index contributed by atoms with van der Waals surface area (Å²) in [5.74, 6) is -2.42. The number of H-pyrrole nitrogens is 1. The number of aromatic amines is 1. The second-order valence-electron chi connectivity index (χ2n) is 9.32. The number of aromatic nitrogens is 2. The molecular weight excluding hydrogens is 573 g/mol. The van der Waals surface area contributed by atoms with E-state index in [1.54, 1.807) is 11.0 Å². The molecule has 0 saturated carbocycles. The molecule has 1 aliphatic rings. The van der Waals surface area contributed by atoms with Crippen molar-refractivity contribution in [2.45, 2.75) is 19.4 Å². The summed E-state index contributed by atoms with van der Waals surface area (Å²) < 4.78 is 19.2. The lowest BCUT2D eigenvalue weighted by Gasteiger charge is -2.34. The van der Waals surface area contributed by atoms with E-state index in [0.29, 0.717) is 13.1 Å². The Labute approximate surface area is 244 Å². The number of anilines is 1. The van der Waals surface area contributed by atoms with Gasteiger partial charge < -0.3 is 30.9 Å². The molecule has 5 N–H and O–H groups in total. The monoisotopic (exact) mass is 599 g/mol. The molecule has 2 aromatic carbocycles. The first-order chi connectivity index (χ1) is 20.0. The van der Waals surface area contributed by atoms with Crippen LogP contribution in [0.2, 0.25) is 5.02 Å². The van der Waals surface area contributed by atoms with Gasteiger partial charge >= 0.3 is 6.09 Å². The summed E-state index contributed by atoms with van der Waals surface area (Å²) in [6.45, 7) is 2.69. The Morgan fingerprint density at radius 1 is 1.07 bits per heavy atom. The molecule has 13 nitrogen and oxygen atoms in total. The summed E-state index contributed by atoms with van der Waals surface area (Å²) in [5.41, 5.74) is 5.38. The highest BCUT2D eigenvalue weighted by molar-refractivity contribution is 6.31. The number of rotatable bonds is 8.